The van der Waals surface area contributed by atoms with Crippen molar-refractivity contribution in [2.75, 3.05) is 7.05 Å². The number of hydrazine groups is 1. The first-order valence-electron chi connectivity index (χ1n) is 5.75. The molecule has 17 heavy (non-hydrogen) atoms. The van der Waals surface area contributed by atoms with E-state index in [-0.39, 0.29) is 5.69 Å². The smallest absolute Gasteiger partial charge is 0.287 e. The summed E-state index contributed by atoms with van der Waals surface area (Å²) < 4.78 is 5.08. The zero-order valence-corrected chi connectivity index (χ0v) is 10.6. The fourth-order valence-corrected chi connectivity index (χ4v) is 1.61. The molecule has 1 aromatic heterocycles. The molecule has 0 bridgehead atoms. The maximum atomic E-state index is 11.2. The van der Waals surface area contributed by atoms with Crippen molar-refractivity contribution in [1.82, 2.24) is 15.5 Å². The lowest BCUT2D eigenvalue weighted by Gasteiger charge is -2.22. The molecule has 0 spiro atoms. The van der Waals surface area contributed by atoms with E-state index < -0.39 is 5.91 Å². The predicted molar refractivity (Wildman–Crippen MR) is 64.0 cm³/mol. The van der Waals surface area contributed by atoms with Gasteiger partial charge in [-0.25, -0.2) is 5.84 Å². The molecule has 0 aliphatic carbocycles. The second-order valence-corrected chi connectivity index (χ2v) is 4.20. The summed E-state index contributed by atoms with van der Waals surface area (Å²) in [5.74, 6) is 5.23. The van der Waals surface area contributed by atoms with Crippen LogP contribution in [-0.4, -0.2) is 29.1 Å². The van der Waals surface area contributed by atoms with Crippen LogP contribution in [0.2, 0.25) is 0 Å². The van der Waals surface area contributed by atoms with Crippen molar-refractivity contribution in [2.45, 2.75) is 39.3 Å². The fraction of sp³-hybridized carbons (Fsp3) is 0.636. The van der Waals surface area contributed by atoms with Gasteiger partial charge in [0.1, 0.15) is 0 Å². The molecular weight excluding hydrogens is 220 g/mol. The number of nitrogens with one attached hydrogen (secondary N) is 1. The van der Waals surface area contributed by atoms with E-state index in [9.17, 15) is 4.79 Å². The maximum Gasteiger partial charge on any atom is 0.287 e. The van der Waals surface area contributed by atoms with Crippen molar-refractivity contribution in [3.63, 3.8) is 0 Å². The predicted octanol–water partition coefficient (Wildman–Crippen LogP) is 0.899. The lowest BCUT2D eigenvalue weighted by Crippen LogP contribution is -2.30. The van der Waals surface area contributed by atoms with E-state index in [2.05, 4.69) is 23.9 Å². The van der Waals surface area contributed by atoms with Gasteiger partial charge in [0.2, 0.25) is 0 Å². The van der Waals surface area contributed by atoms with Gasteiger partial charge in [0.05, 0.1) is 6.54 Å². The highest BCUT2D eigenvalue weighted by Gasteiger charge is 2.14. The number of amides is 1. The molecule has 0 radical (unpaired) electrons. The van der Waals surface area contributed by atoms with Crippen LogP contribution >= 0.6 is 0 Å². The minimum Gasteiger partial charge on any atom is -0.359 e. The lowest BCUT2D eigenvalue weighted by molar-refractivity contribution is 0.0944. The van der Waals surface area contributed by atoms with Gasteiger partial charge in [-0.05, 0) is 20.4 Å². The molecule has 6 nitrogen and oxygen atoms in total. The van der Waals surface area contributed by atoms with E-state index in [1.54, 1.807) is 6.07 Å². The number of hydrogen-bond donors (Lipinski definition) is 2. The molecule has 0 saturated carbocycles. The zero-order valence-electron chi connectivity index (χ0n) is 10.6. The number of hydrogen-bond acceptors (Lipinski definition) is 5. The van der Waals surface area contributed by atoms with Crippen molar-refractivity contribution < 1.29 is 9.32 Å². The average Bonchev–Trinajstić information content (AvgIpc) is 2.76. The zero-order chi connectivity index (χ0) is 12.8. The van der Waals surface area contributed by atoms with Crippen LogP contribution in [0.25, 0.3) is 0 Å². The first-order valence-corrected chi connectivity index (χ1v) is 5.75. The molecule has 0 fully saturated rings. The van der Waals surface area contributed by atoms with Crippen molar-refractivity contribution in [3.05, 3.63) is 17.5 Å². The van der Waals surface area contributed by atoms with E-state index in [4.69, 9.17) is 10.4 Å². The molecular formula is C11H20N4O2. The quantitative estimate of drug-likeness (QED) is 0.438. The number of nitrogen functional groups attached to an aromatic ring is 1. The summed E-state index contributed by atoms with van der Waals surface area (Å²) in [5.41, 5.74) is 2.22. The highest BCUT2D eigenvalue weighted by atomic mass is 16.5. The molecule has 6 heteroatoms. The maximum absolute atomic E-state index is 11.2. The van der Waals surface area contributed by atoms with Gasteiger partial charge in [-0.1, -0.05) is 18.5 Å². The Kier molecular flexibility index (Phi) is 5.11. The van der Waals surface area contributed by atoms with Gasteiger partial charge < -0.3 is 4.52 Å². The standard InChI is InChI=1S/C11H20N4O2/c1-4-5-8(2)15(3)7-9-6-10(14-17-9)11(16)13-12/h6,8H,4-5,7,12H2,1-3H3,(H,13,16). The van der Waals surface area contributed by atoms with Crippen molar-refractivity contribution in [3.8, 4) is 0 Å². The normalized spacial score (nSPS) is 12.8. The van der Waals surface area contributed by atoms with Gasteiger partial charge in [-0.15, -0.1) is 0 Å². The van der Waals surface area contributed by atoms with Gasteiger partial charge in [0.25, 0.3) is 5.91 Å². The van der Waals surface area contributed by atoms with Crippen molar-refractivity contribution in [1.29, 1.82) is 0 Å². The molecule has 0 aromatic carbocycles. The molecule has 1 unspecified atom stereocenters. The van der Waals surface area contributed by atoms with Crippen LogP contribution in [-0.2, 0) is 6.54 Å². The van der Waals surface area contributed by atoms with Crippen LogP contribution in [0, 0.1) is 0 Å². The Balaban J connectivity index is 2.57. The molecule has 96 valence electrons. The minimum absolute atomic E-state index is 0.207. The lowest BCUT2D eigenvalue weighted by atomic mass is 10.1. The molecule has 1 amide bonds. The fourth-order valence-electron chi connectivity index (χ4n) is 1.61. The Hall–Kier alpha value is -1.40. The molecule has 1 aromatic rings. The molecule has 0 aliphatic heterocycles. The second kappa shape index (κ2) is 6.36. The van der Waals surface area contributed by atoms with Gasteiger partial charge in [0.15, 0.2) is 11.5 Å². The summed E-state index contributed by atoms with van der Waals surface area (Å²) >= 11 is 0. The van der Waals surface area contributed by atoms with E-state index in [0.29, 0.717) is 18.3 Å². The molecule has 0 saturated heterocycles. The highest BCUT2D eigenvalue weighted by molar-refractivity contribution is 5.91. The molecule has 3 N–H and O–H groups in total. The molecule has 1 rings (SSSR count). The average molecular weight is 240 g/mol. The largest absolute Gasteiger partial charge is 0.359 e. The van der Waals surface area contributed by atoms with E-state index in [1.807, 2.05) is 12.5 Å². The summed E-state index contributed by atoms with van der Waals surface area (Å²) in [6.45, 7) is 4.95. The van der Waals surface area contributed by atoms with Gasteiger partial charge >= 0.3 is 0 Å². The van der Waals surface area contributed by atoms with Crippen molar-refractivity contribution in [2.24, 2.45) is 5.84 Å². The summed E-state index contributed by atoms with van der Waals surface area (Å²) in [4.78, 5) is 13.3. The Bertz CT molecular complexity index is 364. The van der Waals surface area contributed by atoms with Gasteiger partial charge in [-0.2, -0.15) is 0 Å². The highest BCUT2D eigenvalue weighted by Crippen LogP contribution is 2.11. The molecule has 1 heterocycles. The third kappa shape index (κ3) is 3.83. The van der Waals surface area contributed by atoms with Crippen LogP contribution in [0.3, 0.4) is 0 Å². The van der Waals surface area contributed by atoms with E-state index in [1.165, 1.54) is 0 Å². The third-order valence-corrected chi connectivity index (χ3v) is 2.79. The van der Waals surface area contributed by atoms with Crippen LogP contribution in [0.1, 0.15) is 42.9 Å². The van der Waals surface area contributed by atoms with Gasteiger partial charge in [-0.3, -0.25) is 15.1 Å². The van der Waals surface area contributed by atoms with Crippen molar-refractivity contribution >= 4 is 5.91 Å². The van der Waals surface area contributed by atoms with E-state index >= 15 is 0 Å². The summed E-state index contributed by atoms with van der Waals surface area (Å²) in [7, 11) is 2.02. The third-order valence-electron chi connectivity index (χ3n) is 2.79. The number of carbonyl (C=O) groups is 1. The summed E-state index contributed by atoms with van der Waals surface area (Å²) in [6, 6.07) is 2.08. The van der Waals surface area contributed by atoms with Crippen LogP contribution in [0.4, 0.5) is 0 Å². The molecule has 1 atom stereocenters. The SMILES string of the molecule is CCCC(C)N(C)Cc1cc(C(=O)NN)no1. The first kappa shape index (κ1) is 13.7. The Morgan fingerprint density at radius 3 is 3.00 bits per heavy atom. The Labute approximate surface area is 101 Å². The Morgan fingerprint density at radius 1 is 1.71 bits per heavy atom. The van der Waals surface area contributed by atoms with Gasteiger partial charge in [0, 0.05) is 12.1 Å². The second-order valence-electron chi connectivity index (χ2n) is 4.20. The minimum atomic E-state index is -0.441. The monoisotopic (exact) mass is 240 g/mol. The molecule has 0 aliphatic rings. The topological polar surface area (TPSA) is 84.4 Å². The first-order chi connectivity index (χ1) is 8.08. The van der Waals surface area contributed by atoms with Crippen LogP contribution in [0.5, 0.6) is 0 Å². The number of carbonyl (C=O) groups excluding carboxylic acids is 1. The number of nitrogens with zero attached hydrogens (tertiary/aromatic N) is 2. The number of aromatic nitrogens is 1. The van der Waals surface area contributed by atoms with E-state index in [0.717, 1.165) is 12.8 Å². The number of rotatable bonds is 6. The summed E-state index contributed by atoms with van der Waals surface area (Å²) in [5, 5.41) is 3.65. The van der Waals surface area contributed by atoms with Crippen LogP contribution in [0.15, 0.2) is 10.6 Å². The van der Waals surface area contributed by atoms with Crippen LogP contribution < -0.4 is 11.3 Å². The summed E-state index contributed by atoms with van der Waals surface area (Å²) in [6.07, 6.45) is 2.27. The number of nitrogens with two attached hydrogens (primary N) is 1. The Morgan fingerprint density at radius 2 is 2.41 bits per heavy atom.